The molecule has 4 heteroatoms. The number of rotatable bonds is 3. The van der Waals surface area contributed by atoms with Gasteiger partial charge in [0.2, 0.25) is 0 Å². The van der Waals surface area contributed by atoms with E-state index in [4.69, 9.17) is 16.3 Å². The summed E-state index contributed by atoms with van der Waals surface area (Å²) in [6, 6.07) is 8.64. The summed E-state index contributed by atoms with van der Waals surface area (Å²) in [7, 11) is 0. The summed E-state index contributed by atoms with van der Waals surface area (Å²) in [6.07, 6.45) is 0. The monoisotopic (exact) mass is 290 g/mol. The number of benzene rings is 2. The number of ether oxygens (including phenoxy) is 1. The van der Waals surface area contributed by atoms with Crippen molar-refractivity contribution >= 4 is 17.6 Å². The van der Waals surface area contributed by atoms with Crippen LogP contribution in [0.4, 0.5) is 0 Å². The van der Waals surface area contributed by atoms with E-state index < -0.39 is 5.97 Å². The Balaban J connectivity index is 2.47. The van der Waals surface area contributed by atoms with Crippen molar-refractivity contribution < 1.29 is 14.6 Å². The van der Waals surface area contributed by atoms with Crippen molar-refractivity contribution in [2.45, 2.75) is 20.8 Å². The second-order valence-corrected chi connectivity index (χ2v) is 5.11. The molecule has 0 spiro atoms. The maximum absolute atomic E-state index is 11.3. The highest BCUT2D eigenvalue weighted by Crippen LogP contribution is 2.32. The van der Waals surface area contributed by atoms with Gasteiger partial charge in [0.1, 0.15) is 17.1 Å². The third-order valence-corrected chi connectivity index (χ3v) is 3.67. The lowest BCUT2D eigenvalue weighted by Gasteiger charge is -2.13. The average molecular weight is 291 g/mol. The molecule has 0 amide bonds. The van der Waals surface area contributed by atoms with E-state index in [0.29, 0.717) is 16.5 Å². The maximum atomic E-state index is 11.3. The van der Waals surface area contributed by atoms with E-state index in [9.17, 15) is 9.90 Å². The Kier molecular flexibility index (Phi) is 4.00. The largest absolute Gasteiger partial charge is 0.478 e. The van der Waals surface area contributed by atoms with Crippen LogP contribution in [0.3, 0.4) is 0 Å². The molecule has 0 saturated carbocycles. The number of halogens is 1. The fourth-order valence-electron chi connectivity index (χ4n) is 2.04. The Morgan fingerprint density at radius 3 is 2.25 bits per heavy atom. The lowest BCUT2D eigenvalue weighted by Crippen LogP contribution is -2.01. The van der Waals surface area contributed by atoms with Gasteiger partial charge in [-0.3, -0.25) is 0 Å². The van der Waals surface area contributed by atoms with E-state index >= 15 is 0 Å². The standard InChI is InChI=1S/C16H15ClO3/c1-9-5-4-6-13(16(18)19)15(9)20-12-7-10(2)14(17)11(3)8-12/h4-8H,1-3H3,(H,18,19). The van der Waals surface area contributed by atoms with Gasteiger partial charge in [0, 0.05) is 5.02 Å². The second kappa shape index (κ2) is 5.55. The number of carboxylic acids is 1. The van der Waals surface area contributed by atoms with Crippen LogP contribution in [0.15, 0.2) is 30.3 Å². The van der Waals surface area contributed by atoms with Crippen LogP contribution in [0.2, 0.25) is 5.02 Å². The summed E-state index contributed by atoms with van der Waals surface area (Å²) in [4.78, 5) is 11.3. The number of hydrogen-bond donors (Lipinski definition) is 1. The highest BCUT2D eigenvalue weighted by molar-refractivity contribution is 6.32. The number of aryl methyl sites for hydroxylation is 3. The summed E-state index contributed by atoms with van der Waals surface area (Å²) < 4.78 is 5.78. The lowest BCUT2D eigenvalue weighted by molar-refractivity contribution is 0.0694. The van der Waals surface area contributed by atoms with E-state index in [-0.39, 0.29) is 5.56 Å². The minimum absolute atomic E-state index is 0.148. The van der Waals surface area contributed by atoms with Crippen molar-refractivity contribution in [3.63, 3.8) is 0 Å². The van der Waals surface area contributed by atoms with Gasteiger partial charge in [-0.15, -0.1) is 0 Å². The molecule has 0 fully saturated rings. The Morgan fingerprint density at radius 2 is 1.70 bits per heavy atom. The molecule has 2 rings (SSSR count). The van der Waals surface area contributed by atoms with Gasteiger partial charge in [0.05, 0.1) is 0 Å². The summed E-state index contributed by atoms with van der Waals surface area (Å²) >= 11 is 6.12. The normalized spacial score (nSPS) is 10.4. The molecule has 0 atom stereocenters. The van der Waals surface area contributed by atoms with Gasteiger partial charge in [0.25, 0.3) is 0 Å². The lowest BCUT2D eigenvalue weighted by atomic mass is 10.1. The van der Waals surface area contributed by atoms with Gasteiger partial charge in [-0.05, 0) is 55.7 Å². The molecule has 1 N–H and O–H groups in total. The van der Waals surface area contributed by atoms with Crippen LogP contribution in [-0.4, -0.2) is 11.1 Å². The second-order valence-electron chi connectivity index (χ2n) is 4.73. The molecular weight excluding hydrogens is 276 g/mol. The first kappa shape index (κ1) is 14.4. The van der Waals surface area contributed by atoms with E-state index in [0.717, 1.165) is 16.7 Å². The minimum Gasteiger partial charge on any atom is -0.478 e. The zero-order chi connectivity index (χ0) is 14.9. The zero-order valence-electron chi connectivity index (χ0n) is 11.5. The minimum atomic E-state index is -1.01. The molecule has 2 aromatic carbocycles. The number of hydrogen-bond acceptors (Lipinski definition) is 2. The van der Waals surface area contributed by atoms with Crippen LogP contribution >= 0.6 is 11.6 Å². The number of carboxylic acid groups (broad SMARTS) is 1. The molecule has 0 unspecified atom stereocenters. The number of aromatic carboxylic acids is 1. The van der Waals surface area contributed by atoms with E-state index in [1.165, 1.54) is 6.07 Å². The van der Waals surface area contributed by atoms with Gasteiger partial charge in [0.15, 0.2) is 0 Å². The summed E-state index contributed by atoms with van der Waals surface area (Å²) in [5.41, 5.74) is 2.71. The first-order chi connectivity index (χ1) is 9.40. The Morgan fingerprint density at radius 1 is 1.10 bits per heavy atom. The van der Waals surface area contributed by atoms with Gasteiger partial charge < -0.3 is 9.84 Å². The highest BCUT2D eigenvalue weighted by atomic mass is 35.5. The quantitative estimate of drug-likeness (QED) is 0.887. The molecule has 0 aliphatic heterocycles. The van der Waals surface area contributed by atoms with Gasteiger partial charge >= 0.3 is 5.97 Å². The number of carbonyl (C=O) groups is 1. The molecule has 3 nitrogen and oxygen atoms in total. The molecule has 0 heterocycles. The average Bonchev–Trinajstić information content (AvgIpc) is 2.38. The molecule has 20 heavy (non-hydrogen) atoms. The van der Waals surface area contributed by atoms with Crippen molar-refractivity contribution in [1.82, 2.24) is 0 Å². The molecule has 0 saturated heterocycles. The molecule has 0 aromatic heterocycles. The third kappa shape index (κ3) is 2.78. The van der Waals surface area contributed by atoms with Crippen molar-refractivity contribution in [1.29, 1.82) is 0 Å². The Labute approximate surface area is 122 Å². The fourth-order valence-corrected chi connectivity index (χ4v) is 2.15. The predicted octanol–water partition coefficient (Wildman–Crippen LogP) is 4.76. The van der Waals surface area contributed by atoms with Crippen LogP contribution in [0.1, 0.15) is 27.0 Å². The molecule has 0 radical (unpaired) electrons. The topological polar surface area (TPSA) is 46.5 Å². The van der Waals surface area contributed by atoms with Crippen LogP contribution in [-0.2, 0) is 0 Å². The van der Waals surface area contributed by atoms with Crippen molar-refractivity contribution in [2.75, 3.05) is 0 Å². The Bertz CT molecular complexity index is 654. The van der Waals surface area contributed by atoms with Crippen LogP contribution in [0.25, 0.3) is 0 Å². The van der Waals surface area contributed by atoms with Crippen LogP contribution < -0.4 is 4.74 Å². The van der Waals surface area contributed by atoms with Crippen LogP contribution in [0.5, 0.6) is 11.5 Å². The van der Waals surface area contributed by atoms with E-state index in [1.54, 1.807) is 18.2 Å². The van der Waals surface area contributed by atoms with E-state index in [2.05, 4.69) is 0 Å². The summed E-state index contributed by atoms with van der Waals surface area (Å²) in [5, 5.41) is 9.92. The van der Waals surface area contributed by atoms with Crippen molar-refractivity contribution in [3.8, 4) is 11.5 Å². The first-order valence-corrected chi connectivity index (χ1v) is 6.55. The summed E-state index contributed by atoms with van der Waals surface area (Å²) in [6.45, 7) is 5.59. The SMILES string of the molecule is Cc1cc(Oc2c(C)cccc2C(=O)O)cc(C)c1Cl. The Hall–Kier alpha value is -2.00. The van der Waals surface area contributed by atoms with Gasteiger partial charge in [-0.2, -0.15) is 0 Å². The molecule has 0 bridgehead atoms. The van der Waals surface area contributed by atoms with Crippen molar-refractivity contribution in [2.24, 2.45) is 0 Å². The van der Waals surface area contributed by atoms with Crippen LogP contribution in [0, 0.1) is 20.8 Å². The highest BCUT2D eigenvalue weighted by Gasteiger charge is 2.15. The molecule has 0 aliphatic carbocycles. The molecule has 2 aromatic rings. The summed E-state index contributed by atoms with van der Waals surface area (Å²) in [5.74, 6) is -0.0616. The smallest absolute Gasteiger partial charge is 0.339 e. The van der Waals surface area contributed by atoms with Gasteiger partial charge in [-0.1, -0.05) is 23.7 Å². The van der Waals surface area contributed by atoms with Crippen molar-refractivity contribution in [3.05, 3.63) is 57.6 Å². The number of para-hydroxylation sites is 1. The third-order valence-electron chi connectivity index (χ3n) is 3.07. The predicted molar refractivity (Wildman–Crippen MR) is 79.1 cm³/mol. The van der Waals surface area contributed by atoms with Gasteiger partial charge in [-0.25, -0.2) is 4.79 Å². The fraction of sp³-hybridized carbons (Fsp3) is 0.188. The first-order valence-electron chi connectivity index (χ1n) is 6.17. The van der Waals surface area contributed by atoms with E-state index in [1.807, 2.05) is 26.8 Å². The molecule has 104 valence electrons. The molecular formula is C16H15ClO3. The maximum Gasteiger partial charge on any atom is 0.339 e. The zero-order valence-corrected chi connectivity index (χ0v) is 12.3. The molecule has 0 aliphatic rings.